The van der Waals surface area contributed by atoms with Crippen LogP contribution in [0.15, 0.2) is 76.8 Å². The van der Waals surface area contributed by atoms with Crippen LogP contribution in [0.2, 0.25) is 0 Å². The Morgan fingerprint density at radius 3 is 1.83 bits per heavy atom. The zero-order valence-electron chi connectivity index (χ0n) is 27.2. The maximum absolute atomic E-state index is 13.5. The molecule has 46 heavy (non-hydrogen) atoms. The van der Waals surface area contributed by atoms with Crippen LogP contribution in [0.4, 0.5) is 16.2 Å². The van der Waals surface area contributed by atoms with E-state index in [1.807, 2.05) is 95.3 Å². The van der Waals surface area contributed by atoms with Crippen LogP contribution in [0.3, 0.4) is 0 Å². The Morgan fingerprint density at radius 1 is 0.913 bits per heavy atom. The molecule has 1 fully saturated rings. The fraction of sp³-hybridized carbons (Fsp3) is 0.294. The number of phenolic OH excluding ortho intramolecular Hbond substituents is 1. The number of benzene rings is 2. The van der Waals surface area contributed by atoms with Gasteiger partial charge in [0.25, 0.3) is 5.91 Å². The minimum absolute atomic E-state index is 0.266. The molecule has 1 unspecified atom stereocenters. The molecule has 0 saturated carbocycles. The highest BCUT2D eigenvalue weighted by atomic mass is 32.2. The van der Waals surface area contributed by atoms with Gasteiger partial charge >= 0.3 is 18.0 Å². The number of carbonyl (C=O) groups is 4. The largest absolute Gasteiger partial charge is 0.507 e. The lowest BCUT2D eigenvalue weighted by atomic mass is 9.78. The smallest absolute Gasteiger partial charge is 0.336 e. The predicted molar refractivity (Wildman–Crippen MR) is 181 cm³/mol. The van der Waals surface area contributed by atoms with Crippen LogP contribution in [-0.4, -0.2) is 58.2 Å². The molecule has 0 bridgehead atoms. The number of phenols is 1. The minimum atomic E-state index is -1.26. The normalized spacial score (nSPS) is 17.4. The van der Waals surface area contributed by atoms with Gasteiger partial charge in [0, 0.05) is 43.1 Å². The quantitative estimate of drug-likeness (QED) is 0.209. The minimum Gasteiger partial charge on any atom is -0.507 e. The third kappa shape index (κ3) is 7.99. The first-order valence-electron chi connectivity index (χ1n) is 14.3. The molecule has 0 radical (unpaired) electrons. The van der Waals surface area contributed by atoms with Crippen LogP contribution in [0, 0.1) is 4.78 Å². The topological polar surface area (TPSA) is 163 Å². The van der Waals surface area contributed by atoms with Crippen molar-refractivity contribution in [2.45, 2.75) is 52.4 Å². The summed E-state index contributed by atoms with van der Waals surface area (Å²) in [6, 6.07) is 10.5. The Bertz CT molecular complexity index is 1660. The molecule has 1 atom stereocenters. The van der Waals surface area contributed by atoms with Gasteiger partial charge in [0.15, 0.2) is 0 Å². The summed E-state index contributed by atoms with van der Waals surface area (Å²) in [5, 5.41) is 29.4. The Labute approximate surface area is 271 Å². The summed E-state index contributed by atoms with van der Waals surface area (Å²) in [6.45, 7) is 12.2. The molecule has 2 aromatic rings. The van der Waals surface area contributed by atoms with Gasteiger partial charge in [-0.05, 0) is 81.0 Å². The van der Waals surface area contributed by atoms with E-state index in [1.54, 1.807) is 25.3 Å². The van der Waals surface area contributed by atoms with Crippen molar-refractivity contribution in [2.75, 3.05) is 23.9 Å². The number of aromatic hydroxyl groups is 1. The standard InChI is InChI=1S/C30H36N4O3S.C4H4O4/c1-29(2,3)22-16-19(17-23(26(22)35)30(4,5)6)18-24-27(36)34(28(37)33(24)8)21-13-11-20(12-14-21)32(7)25-10-9-15-38(25)31;5-3(6)1-2-4(7)8/h9-18,31,35H,1-8H3;1-2H,(H,5,6)(H,7,8)/b;2-1+. The van der Waals surface area contributed by atoms with Crippen LogP contribution in [-0.2, 0) is 35.9 Å². The molecule has 2 aliphatic rings. The lowest BCUT2D eigenvalue weighted by Crippen LogP contribution is -2.31. The molecule has 0 aromatic heterocycles. The van der Waals surface area contributed by atoms with Crippen LogP contribution in [0.5, 0.6) is 5.75 Å². The molecular weight excluding hydrogens is 608 g/mol. The van der Waals surface area contributed by atoms with Gasteiger partial charge in [-0.3, -0.25) is 14.5 Å². The number of allylic oxidation sites excluding steroid dienone is 2. The molecule has 2 heterocycles. The van der Waals surface area contributed by atoms with Crippen molar-refractivity contribution in [3.05, 3.63) is 93.5 Å². The van der Waals surface area contributed by atoms with E-state index in [4.69, 9.17) is 15.0 Å². The molecule has 4 N–H and O–H groups in total. The van der Waals surface area contributed by atoms with Crippen molar-refractivity contribution >= 4 is 52.0 Å². The van der Waals surface area contributed by atoms with E-state index < -0.39 is 34.6 Å². The first-order valence-corrected chi connectivity index (χ1v) is 15.5. The number of carboxylic acid groups (broad SMARTS) is 2. The molecule has 11 nitrogen and oxygen atoms in total. The first-order chi connectivity index (χ1) is 21.2. The second-order valence-electron chi connectivity index (χ2n) is 12.7. The number of carbonyl (C=O) groups excluding carboxylic acids is 2. The Kier molecular flexibility index (Phi) is 10.5. The fourth-order valence-electron chi connectivity index (χ4n) is 4.72. The van der Waals surface area contributed by atoms with Crippen molar-refractivity contribution in [1.82, 2.24) is 4.90 Å². The Hall–Kier alpha value is -4.97. The summed E-state index contributed by atoms with van der Waals surface area (Å²) in [6.07, 6.45) is 6.64. The highest BCUT2D eigenvalue weighted by Gasteiger charge is 2.40. The van der Waals surface area contributed by atoms with Crippen LogP contribution >= 0.6 is 0 Å². The molecule has 0 spiro atoms. The summed E-state index contributed by atoms with van der Waals surface area (Å²) in [5.74, 6) is -2.65. The molecular formula is C34H40N4O7S. The average Bonchev–Trinajstić information content (AvgIpc) is 3.47. The maximum Gasteiger partial charge on any atom is 0.336 e. The van der Waals surface area contributed by atoms with Crippen LogP contribution in [0.1, 0.15) is 58.2 Å². The van der Waals surface area contributed by atoms with E-state index in [2.05, 4.69) is 0 Å². The summed E-state index contributed by atoms with van der Waals surface area (Å²) >= 11 is 0. The van der Waals surface area contributed by atoms with Gasteiger partial charge in [-0.1, -0.05) is 47.6 Å². The maximum atomic E-state index is 13.5. The second kappa shape index (κ2) is 13.6. The molecule has 12 heteroatoms. The number of amides is 3. The summed E-state index contributed by atoms with van der Waals surface area (Å²) in [5.41, 5.74) is 3.31. The van der Waals surface area contributed by atoms with Crippen molar-refractivity contribution in [1.29, 1.82) is 4.78 Å². The van der Waals surface area contributed by atoms with E-state index in [0.29, 0.717) is 17.8 Å². The number of nitrogens with zero attached hydrogens (tertiary/aromatic N) is 3. The summed E-state index contributed by atoms with van der Waals surface area (Å²) in [7, 11) is 2.80. The Morgan fingerprint density at radius 2 is 1.41 bits per heavy atom. The van der Waals surface area contributed by atoms with Crippen LogP contribution in [0.25, 0.3) is 6.08 Å². The predicted octanol–water partition coefficient (Wildman–Crippen LogP) is 6.32. The van der Waals surface area contributed by atoms with Gasteiger partial charge in [0.2, 0.25) is 0 Å². The van der Waals surface area contributed by atoms with Gasteiger partial charge in [0.05, 0.1) is 10.7 Å². The number of carboxylic acids is 2. The average molecular weight is 649 g/mol. The number of likely N-dealkylation sites (N-methyl/N-ethyl adjacent to an activating group) is 1. The third-order valence-electron chi connectivity index (χ3n) is 7.19. The van der Waals surface area contributed by atoms with Crippen LogP contribution < -0.4 is 9.80 Å². The Balaban J connectivity index is 0.000000637. The van der Waals surface area contributed by atoms with Gasteiger partial charge < -0.3 is 20.2 Å². The van der Waals surface area contributed by atoms with E-state index in [1.165, 1.54) is 9.80 Å². The molecule has 4 rings (SSSR count). The lowest BCUT2D eigenvalue weighted by molar-refractivity contribution is -0.134. The molecule has 3 amide bonds. The SMILES string of the molecule is CN1C(=O)N(c2ccc(N(C)C3=CC=CS3=N)cc2)C(=O)C1=Cc1cc(C(C)(C)C)c(O)c(C(C)(C)C)c1.O=C(O)/C=C/C(=O)O. The molecule has 2 aromatic carbocycles. The van der Waals surface area contributed by atoms with Crippen molar-refractivity contribution in [2.24, 2.45) is 0 Å². The molecule has 2 aliphatic heterocycles. The van der Waals surface area contributed by atoms with E-state index in [0.717, 1.165) is 27.4 Å². The zero-order chi connectivity index (χ0) is 34.7. The van der Waals surface area contributed by atoms with Gasteiger partial charge in [-0.2, -0.15) is 0 Å². The number of hydrogen-bond acceptors (Lipinski definition) is 7. The lowest BCUT2D eigenvalue weighted by Gasteiger charge is -2.28. The number of aliphatic carboxylic acids is 2. The zero-order valence-corrected chi connectivity index (χ0v) is 28.0. The van der Waals surface area contributed by atoms with E-state index in [9.17, 15) is 24.3 Å². The van der Waals surface area contributed by atoms with Crippen molar-refractivity contribution < 1.29 is 34.5 Å². The number of imide groups is 1. The van der Waals surface area contributed by atoms with E-state index in [-0.39, 0.29) is 22.3 Å². The summed E-state index contributed by atoms with van der Waals surface area (Å²) < 4.78 is 8.15. The molecule has 0 aliphatic carbocycles. The number of rotatable bonds is 6. The van der Waals surface area contributed by atoms with E-state index >= 15 is 0 Å². The third-order valence-corrected chi connectivity index (χ3v) is 8.48. The molecule has 244 valence electrons. The highest BCUT2D eigenvalue weighted by molar-refractivity contribution is 7.93. The number of urea groups is 1. The van der Waals surface area contributed by atoms with Crippen molar-refractivity contribution in [3.8, 4) is 5.75 Å². The first kappa shape index (κ1) is 35.5. The van der Waals surface area contributed by atoms with Gasteiger partial charge in [-0.15, -0.1) is 0 Å². The number of anilines is 2. The number of nitrogens with one attached hydrogen (secondary N) is 1. The highest BCUT2D eigenvalue weighted by Crippen LogP contribution is 2.40. The van der Waals surface area contributed by atoms with Gasteiger partial charge in [0.1, 0.15) is 11.4 Å². The fourth-order valence-corrected chi connectivity index (χ4v) is 5.72. The second-order valence-corrected chi connectivity index (χ2v) is 14.1. The number of hydrogen-bond donors (Lipinski definition) is 4. The summed E-state index contributed by atoms with van der Waals surface area (Å²) in [4.78, 5) is 50.3. The molecule has 1 saturated heterocycles. The monoisotopic (exact) mass is 648 g/mol. The van der Waals surface area contributed by atoms with Crippen molar-refractivity contribution in [3.63, 3.8) is 0 Å². The van der Waals surface area contributed by atoms with Gasteiger partial charge in [-0.25, -0.2) is 19.3 Å².